The highest BCUT2D eigenvalue weighted by molar-refractivity contribution is 7.92. The Morgan fingerprint density at radius 1 is 1.20 bits per heavy atom. The van der Waals surface area contributed by atoms with E-state index in [1.165, 1.54) is 11.1 Å². The number of halogens is 3. The number of hydrogen-bond donors (Lipinski definition) is 2. The van der Waals surface area contributed by atoms with Crippen molar-refractivity contribution in [3.05, 3.63) is 70.3 Å². The number of ether oxygens (including phenoxy) is 2. The number of methoxy groups -OCH3 is 1. The third-order valence-corrected chi connectivity index (χ3v) is 13.1. The van der Waals surface area contributed by atoms with Crippen LogP contribution in [0.2, 0.25) is 5.02 Å². The first-order valence-electron chi connectivity index (χ1n) is 17.1. The number of hydrogen-bond acceptors (Lipinski definition) is 6. The van der Waals surface area contributed by atoms with E-state index in [2.05, 4.69) is 37.5 Å². The quantitative estimate of drug-likeness (QED) is 0.343. The number of carbonyl (C=O) groups is 2. The molecule has 2 saturated carbocycles. The summed E-state index contributed by atoms with van der Waals surface area (Å²) in [6.45, 7) is 3.71. The van der Waals surface area contributed by atoms with Gasteiger partial charge in [-0.3, -0.25) is 9.52 Å². The molecule has 264 valence electrons. The second-order valence-electron chi connectivity index (χ2n) is 14.6. The smallest absolute Gasteiger partial charge is 0.327 e. The molecule has 1 unspecified atom stereocenters. The molecule has 2 N–H and O–H groups in total. The number of benzene rings is 2. The summed E-state index contributed by atoms with van der Waals surface area (Å²) in [5.41, 5.74) is 3.12. The fraction of sp³-hybridized carbons (Fsp3) is 0.556. The lowest BCUT2D eigenvalue weighted by Gasteiger charge is -2.46. The molecule has 7 rings (SSSR count). The van der Waals surface area contributed by atoms with Crippen LogP contribution in [0, 0.1) is 17.8 Å². The van der Waals surface area contributed by atoms with E-state index in [1.807, 2.05) is 19.1 Å². The minimum absolute atomic E-state index is 0.112. The molecule has 9 nitrogen and oxygen atoms in total. The number of aryl methyl sites for hydroxylation is 1. The van der Waals surface area contributed by atoms with Gasteiger partial charge in [0.1, 0.15) is 21.7 Å². The third-order valence-electron chi connectivity index (χ3n) is 10.9. The Morgan fingerprint density at radius 3 is 2.76 bits per heavy atom. The molecule has 0 saturated heterocycles. The number of alkyl halides is 2. The van der Waals surface area contributed by atoms with Crippen molar-refractivity contribution >= 4 is 39.1 Å². The fourth-order valence-corrected chi connectivity index (χ4v) is 10.1. The zero-order valence-corrected chi connectivity index (χ0v) is 29.3. The van der Waals surface area contributed by atoms with Gasteiger partial charge in [-0.2, -0.15) is 0 Å². The molecule has 3 aliphatic carbocycles. The van der Waals surface area contributed by atoms with Gasteiger partial charge in [0.2, 0.25) is 0 Å². The topological polar surface area (TPSA) is 109 Å². The summed E-state index contributed by atoms with van der Waals surface area (Å²) in [7, 11) is -1.98. The molecule has 3 amide bonds. The molecule has 49 heavy (non-hydrogen) atoms. The molecule has 0 radical (unpaired) electrons. The highest BCUT2D eigenvalue weighted by Gasteiger charge is 2.58. The summed E-state index contributed by atoms with van der Waals surface area (Å²) in [6.07, 6.45) is 8.90. The fourth-order valence-electron chi connectivity index (χ4n) is 8.07. The standard InChI is InChI=1S/C36H43ClF2N4O5S/c1-22-5-3-7-30(47-2)27-11-8-25(27)18-43-20-35(14-4-6-23-15-26(37)10-12-28(23)35)21-48-31-13-9-24(16-29(31)43)33(44)41-49(46,19-22)42-34(45)40-32-17-36(32,38)39/h3,7,9-10,12-13,15-16,22,25,27,30,32H,4-6,8,11,14,17-21H2,1-2H3,(H2,40,41,42,44,45,46)/b7-3-/t22-,25-,27+,30-,32+,35-,49?/m0/s1. The van der Waals surface area contributed by atoms with Crippen LogP contribution in [-0.4, -0.2) is 66.8 Å². The first kappa shape index (κ1) is 34.2. The zero-order valence-electron chi connectivity index (χ0n) is 27.8. The molecule has 2 aromatic rings. The van der Waals surface area contributed by atoms with Crippen molar-refractivity contribution in [2.24, 2.45) is 22.1 Å². The molecule has 1 spiro atoms. The van der Waals surface area contributed by atoms with Gasteiger partial charge in [0.25, 0.3) is 11.8 Å². The Morgan fingerprint density at radius 2 is 2.02 bits per heavy atom. The Labute approximate surface area is 291 Å². The van der Waals surface area contributed by atoms with Gasteiger partial charge in [-0.1, -0.05) is 36.7 Å². The van der Waals surface area contributed by atoms with Crippen LogP contribution in [0.5, 0.6) is 5.75 Å². The molecule has 2 fully saturated rings. The van der Waals surface area contributed by atoms with Gasteiger partial charge >= 0.3 is 6.03 Å². The second kappa shape index (κ2) is 13.2. The summed E-state index contributed by atoms with van der Waals surface area (Å²) in [6, 6.07) is 8.85. The lowest BCUT2D eigenvalue weighted by atomic mass is 9.68. The van der Waals surface area contributed by atoms with Crippen LogP contribution >= 0.6 is 11.6 Å². The maximum Gasteiger partial charge on any atom is 0.327 e. The monoisotopic (exact) mass is 716 g/mol. The number of urea groups is 1. The lowest BCUT2D eigenvalue weighted by Crippen LogP contribution is -2.49. The van der Waals surface area contributed by atoms with Crippen LogP contribution in [0.1, 0.15) is 66.9 Å². The Bertz CT molecular complexity index is 1800. The number of carbonyl (C=O) groups excluding carboxylic acids is 2. The van der Waals surface area contributed by atoms with Crippen molar-refractivity contribution in [1.82, 2.24) is 10.0 Å². The number of amides is 3. The van der Waals surface area contributed by atoms with Gasteiger partial charge in [0.15, 0.2) is 0 Å². The minimum Gasteiger partial charge on any atom is -0.490 e. The summed E-state index contributed by atoms with van der Waals surface area (Å²) in [5, 5.41) is 2.88. The van der Waals surface area contributed by atoms with Gasteiger partial charge in [-0.25, -0.2) is 17.8 Å². The van der Waals surface area contributed by atoms with E-state index in [0.717, 1.165) is 44.3 Å². The number of nitrogens with one attached hydrogen (secondary N) is 2. The molecule has 2 bridgehead atoms. The average Bonchev–Trinajstić information content (AvgIpc) is 3.67. The third kappa shape index (κ3) is 7.05. The van der Waals surface area contributed by atoms with Gasteiger partial charge in [-0.05, 0) is 97.7 Å². The minimum atomic E-state index is -3.70. The van der Waals surface area contributed by atoms with Crippen LogP contribution < -0.4 is 19.7 Å². The predicted molar refractivity (Wildman–Crippen MR) is 185 cm³/mol. The first-order chi connectivity index (χ1) is 23.4. The van der Waals surface area contributed by atoms with Gasteiger partial charge < -0.3 is 19.7 Å². The average molecular weight is 717 g/mol. The van der Waals surface area contributed by atoms with E-state index in [4.69, 9.17) is 21.1 Å². The molecule has 7 atom stereocenters. The van der Waals surface area contributed by atoms with E-state index in [0.29, 0.717) is 42.2 Å². The van der Waals surface area contributed by atoms with Crippen LogP contribution in [0.4, 0.5) is 19.3 Å². The van der Waals surface area contributed by atoms with E-state index < -0.39 is 40.2 Å². The molecular weight excluding hydrogens is 674 g/mol. The van der Waals surface area contributed by atoms with Gasteiger partial charge in [0, 0.05) is 42.6 Å². The highest BCUT2D eigenvalue weighted by Crippen LogP contribution is 2.47. The van der Waals surface area contributed by atoms with Gasteiger partial charge in [0.05, 0.1) is 24.2 Å². The summed E-state index contributed by atoms with van der Waals surface area (Å²) in [5.74, 6) is -2.89. The van der Waals surface area contributed by atoms with Crippen molar-refractivity contribution < 1.29 is 32.1 Å². The van der Waals surface area contributed by atoms with E-state index in [-0.39, 0.29) is 28.8 Å². The maximum atomic E-state index is 14.2. The predicted octanol–water partition coefficient (Wildman–Crippen LogP) is 6.68. The van der Waals surface area contributed by atoms with E-state index in [9.17, 15) is 22.6 Å². The largest absolute Gasteiger partial charge is 0.490 e. The summed E-state index contributed by atoms with van der Waals surface area (Å²) in [4.78, 5) is 28.8. The maximum absolute atomic E-state index is 14.2. The molecule has 13 heteroatoms. The number of rotatable bonds is 3. The van der Waals surface area contributed by atoms with Crippen molar-refractivity contribution in [2.75, 3.05) is 37.5 Å². The van der Waals surface area contributed by atoms with Crippen LogP contribution in [0.25, 0.3) is 0 Å². The summed E-state index contributed by atoms with van der Waals surface area (Å²) >= 11 is 6.42. The Hall–Kier alpha value is -3.22. The van der Waals surface area contributed by atoms with Crippen molar-refractivity contribution in [3.8, 4) is 5.75 Å². The van der Waals surface area contributed by atoms with E-state index in [1.54, 1.807) is 25.3 Å². The molecule has 0 aromatic heterocycles. The zero-order chi connectivity index (χ0) is 34.6. The number of fused-ring (bicyclic) bond motifs is 4. The number of allylic oxidation sites excluding steroid dienone is 1. The Kier molecular flexibility index (Phi) is 9.19. The van der Waals surface area contributed by atoms with Crippen molar-refractivity contribution in [2.45, 2.75) is 75.4 Å². The second-order valence-corrected chi connectivity index (χ2v) is 17.0. The van der Waals surface area contributed by atoms with Crippen LogP contribution in [-0.2, 0) is 26.5 Å². The van der Waals surface area contributed by atoms with E-state index >= 15 is 0 Å². The molecule has 5 aliphatic rings. The SMILES string of the molecule is CO[C@H]1/C=C\C[C@H](C)CS(=O)(NC(=O)N[C@@H]2CC2(F)F)=NC(=O)c2ccc3c(c2)N(C[C@@H]2CC[C@H]21)C[C@@]1(CCCc2cc(Cl)ccc21)CO3. The first-order valence-corrected chi connectivity index (χ1v) is 19.2. The number of nitrogens with zero attached hydrogens (tertiary/aromatic N) is 2. The molecule has 2 aromatic carbocycles. The van der Waals surface area contributed by atoms with Crippen molar-refractivity contribution in [3.63, 3.8) is 0 Å². The lowest BCUT2D eigenvalue weighted by molar-refractivity contribution is 0.0131. The van der Waals surface area contributed by atoms with Crippen LogP contribution in [0.15, 0.2) is 52.9 Å². The molecule has 2 aliphatic heterocycles. The molecular formula is C36H43ClF2N4O5S. The molecule has 2 heterocycles. The van der Waals surface area contributed by atoms with Crippen molar-refractivity contribution in [1.29, 1.82) is 0 Å². The highest BCUT2D eigenvalue weighted by atomic mass is 35.5. The normalized spacial score (nSPS) is 34.2. The Balaban J connectivity index is 1.28. The number of anilines is 1. The summed E-state index contributed by atoms with van der Waals surface area (Å²) < 4.78 is 60.2. The van der Waals surface area contributed by atoms with Crippen LogP contribution in [0.3, 0.4) is 0 Å². The van der Waals surface area contributed by atoms with Gasteiger partial charge in [-0.15, -0.1) is 4.36 Å².